The van der Waals surface area contributed by atoms with Crippen LogP contribution in [0.15, 0.2) is 60.7 Å². The highest BCUT2D eigenvalue weighted by atomic mass is 16.5. The highest BCUT2D eigenvalue weighted by molar-refractivity contribution is 5.82. The Morgan fingerprint density at radius 3 is 2.23 bits per heavy atom. The van der Waals surface area contributed by atoms with Gasteiger partial charge in [-0.3, -0.25) is 9.69 Å². The summed E-state index contributed by atoms with van der Waals surface area (Å²) in [5.41, 5.74) is 1.58. The fourth-order valence-corrected chi connectivity index (χ4v) is 6.06. The molecule has 1 aliphatic heterocycles. The monoisotopic (exact) mass is 535 g/mol. The number of carbonyl (C=O) groups is 2. The van der Waals surface area contributed by atoms with E-state index >= 15 is 0 Å². The zero-order valence-corrected chi connectivity index (χ0v) is 23.6. The van der Waals surface area contributed by atoms with E-state index in [0.717, 1.165) is 24.1 Å². The Labute approximate surface area is 233 Å². The van der Waals surface area contributed by atoms with Crippen LogP contribution in [0, 0.1) is 11.8 Å². The van der Waals surface area contributed by atoms with Gasteiger partial charge >= 0.3 is 6.09 Å². The molecule has 3 N–H and O–H groups in total. The number of alkyl carbamates (subject to hydrolysis) is 1. The number of rotatable bonds is 9. The molecular formula is C32H45N3O4. The summed E-state index contributed by atoms with van der Waals surface area (Å²) in [4.78, 5) is 28.4. The average Bonchev–Trinajstić information content (AvgIpc) is 2.91. The molecule has 7 heteroatoms. The largest absolute Gasteiger partial charge is 0.445 e. The van der Waals surface area contributed by atoms with Crippen molar-refractivity contribution in [1.29, 1.82) is 0 Å². The van der Waals surface area contributed by atoms with E-state index in [9.17, 15) is 14.7 Å². The van der Waals surface area contributed by atoms with Crippen LogP contribution in [0.4, 0.5) is 4.79 Å². The Kier molecular flexibility index (Phi) is 10.0. The molecular weight excluding hydrogens is 490 g/mol. The van der Waals surface area contributed by atoms with Crippen molar-refractivity contribution in [3.8, 4) is 0 Å². The Bertz CT molecular complexity index is 1060. The minimum Gasteiger partial charge on any atom is -0.445 e. The number of nitrogens with zero attached hydrogens (tertiary/aromatic N) is 1. The second kappa shape index (κ2) is 13.4. The summed E-state index contributed by atoms with van der Waals surface area (Å²) >= 11 is 0. The number of hydrogen-bond acceptors (Lipinski definition) is 5. The maximum absolute atomic E-state index is 13.4. The number of amides is 2. The third-order valence-electron chi connectivity index (χ3n) is 8.00. The van der Waals surface area contributed by atoms with Gasteiger partial charge in [0.1, 0.15) is 6.61 Å². The Morgan fingerprint density at radius 1 is 0.974 bits per heavy atom. The summed E-state index contributed by atoms with van der Waals surface area (Å²) in [6.45, 7) is 7.25. The van der Waals surface area contributed by atoms with Crippen molar-refractivity contribution in [2.24, 2.45) is 11.8 Å². The first kappa shape index (κ1) is 29.1. The SMILES string of the molecule is CC(C)(C)NC(=O)[C@H]1C[C@@H]2CCCC[C@@H]2CN1C[C@@H](O)[C@H](Cc1ccccc1)NC(=O)OCc1ccccc1. The average molecular weight is 536 g/mol. The molecule has 1 heterocycles. The van der Waals surface area contributed by atoms with E-state index in [2.05, 4.69) is 15.5 Å². The van der Waals surface area contributed by atoms with Gasteiger partial charge in [-0.15, -0.1) is 0 Å². The van der Waals surface area contributed by atoms with Crippen molar-refractivity contribution in [2.45, 2.75) is 89.6 Å². The first-order valence-electron chi connectivity index (χ1n) is 14.4. The second-order valence-corrected chi connectivity index (χ2v) is 12.3. The molecule has 5 atom stereocenters. The standard InChI is InChI=1S/C32H45N3O4/c1-32(2,3)34-30(37)28-19-25-16-10-11-17-26(25)20-35(28)21-29(36)27(18-23-12-6-4-7-13-23)33-31(38)39-22-24-14-8-5-9-15-24/h4-9,12-15,25-29,36H,10-11,16-22H2,1-3H3,(H,33,38)(H,34,37)/t25-,26+,27-,28+,29+/m0/s1. The lowest BCUT2D eigenvalue weighted by Crippen LogP contribution is -2.60. The van der Waals surface area contributed by atoms with Crippen LogP contribution >= 0.6 is 0 Å². The third kappa shape index (κ3) is 8.80. The molecule has 1 saturated carbocycles. The Balaban J connectivity index is 1.47. The molecule has 39 heavy (non-hydrogen) atoms. The van der Waals surface area contributed by atoms with Crippen molar-refractivity contribution < 1.29 is 19.4 Å². The highest BCUT2D eigenvalue weighted by Crippen LogP contribution is 2.39. The molecule has 212 valence electrons. The van der Waals surface area contributed by atoms with Crippen LogP contribution in [0.3, 0.4) is 0 Å². The number of nitrogens with one attached hydrogen (secondary N) is 2. The Hall–Kier alpha value is -2.90. The molecule has 2 aromatic rings. The molecule has 0 bridgehead atoms. The first-order valence-corrected chi connectivity index (χ1v) is 14.4. The minimum absolute atomic E-state index is 0.0218. The quantitative estimate of drug-likeness (QED) is 0.434. The summed E-state index contributed by atoms with van der Waals surface area (Å²) < 4.78 is 5.48. The van der Waals surface area contributed by atoms with Crippen LogP contribution in [0.2, 0.25) is 0 Å². The smallest absolute Gasteiger partial charge is 0.407 e. The zero-order chi connectivity index (χ0) is 27.8. The fraction of sp³-hybridized carbons (Fsp3) is 0.562. The van der Waals surface area contributed by atoms with Gasteiger partial charge in [-0.2, -0.15) is 0 Å². The lowest BCUT2D eigenvalue weighted by molar-refractivity contribution is -0.132. The van der Waals surface area contributed by atoms with Gasteiger partial charge in [0.15, 0.2) is 0 Å². The van der Waals surface area contributed by atoms with Gasteiger partial charge in [0.2, 0.25) is 5.91 Å². The van der Waals surface area contributed by atoms with Crippen LogP contribution < -0.4 is 10.6 Å². The summed E-state index contributed by atoms with van der Waals surface area (Å²) in [7, 11) is 0. The summed E-state index contributed by atoms with van der Waals surface area (Å²) in [6.07, 6.45) is 4.63. The van der Waals surface area contributed by atoms with Gasteiger partial charge in [0.25, 0.3) is 0 Å². The predicted octanol–water partition coefficient (Wildman–Crippen LogP) is 4.68. The molecule has 2 aliphatic rings. The van der Waals surface area contributed by atoms with Crippen LogP contribution in [0.5, 0.6) is 0 Å². The van der Waals surface area contributed by atoms with E-state index < -0.39 is 18.2 Å². The maximum Gasteiger partial charge on any atom is 0.407 e. The molecule has 2 amide bonds. The number of fused-ring (bicyclic) bond motifs is 1. The molecule has 0 radical (unpaired) electrons. The van der Waals surface area contributed by atoms with E-state index in [0.29, 0.717) is 24.8 Å². The maximum atomic E-state index is 13.4. The summed E-state index contributed by atoms with van der Waals surface area (Å²) in [5.74, 6) is 1.11. The van der Waals surface area contributed by atoms with E-state index in [1.54, 1.807) is 0 Å². The molecule has 0 aromatic heterocycles. The van der Waals surface area contributed by atoms with Crippen molar-refractivity contribution >= 4 is 12.0 Å². The van der Waals surface area contributed by atoms with Gasteiger partial charge in [0.05, 0.1) is 18.2 Å². The zero-order valence-electron chi connectivity index (χ0n) is 23.6. The number of ether oxygens (including phenoxy) is 1. The van der Waals surface area contributed by atoms with Crippen LogP contribution in [-0.4, -0.2) is 58.8 Å². The number of benzene rings is 2. The predicted molar refractivity (Wildman–Crippen MR) is 153 cm³/mol. The van der Waals surface area contributed by atoms with Crippen molar-refractivity contribution in [1.82, 2.24) is 15.5 Å². The van der Waals surface area contributed by atoms with E-state index in [-0.39, 0.29) is 24.1 Å². The number of piperidine rings is 1. The van der Waals surface area contributed by atoms with E-state index in [1.807, 2.05) is 81.4 Å². The molecule has 1 aliphatic carbocycles. The highest BCUT2D eigenvalue weighted by Gasteiger charge is 2.41. The van der Waals surface area contributed by atoms with E-state index in [1.165, 1.54) is 25.7 Å². The molecule has 4 rings (SSSR count). The van der Waals surface area contributed by atoms with Crippen LogP contribution in [0.1, 0.15) is 64.0 Å². The molecule has 0 spiro atoms. The number of aliphatic hydroxyl groups excluding tert-OH is 1. The summed E-state index contributed by atoms with van der Waals surface area (Å²) in [5, 5.41) is 17.6. The normalized spacial score (nSPS) is 23.2. The lowest BCUT2D eigenvalue weighted by Gasteiger charge is -2.47. The van der Waals surface area contributed by atoms with Gasteiger partial charge in [-0.25, -0.2) is 4.79 Å². The number of hydrogen-bond donors (Lipinski definition) is 3. The number of aliphatic hydroxyl groups is 1. The van der Waals surface area contributed by atoms with Crippen molar-refractivity contribution in [3.05, 3.63) is 71.8 Å². The number of carbonyl (C=O) groups excluding carboxylic acids is 2. The number of likely N-dealkylation sites (tertiary alicyclic amines) is 1. The lowest BCUT2D eigenvalue weighted by atomic mass is 9.72. The second-order valence-electron chi connectivity index (χ2n) is 12.3. The summed E-state index contributed by atoms with van der Waals surface area (Å²) in [6, 6.07) is 18.5. The Morgan fingerprint density at radius 2 is 1.59 bits per heavy atom. The van der Waals surface area contributed by atoms with E-state index in [4.69, 9.17) is 4.74 Å². The van der Waals surface area contributed by atoms with Crippen molar-refractivity contribution in [3.63, 3.8) is 0 Å². The van der Waals surface area contributed by atoms with Crippen LogP contribution in [0.25, 0.3) is 0 Å². The van der Waals surface area contributed by atoms with Gasteiger partial charge in [0, 0.05) is 18.6 Å². The van der Waals surface area contributed by atoms with Gasteiger partial charge in [-0.1, -0.05) is 79.9 Å². The number of β-amino-alcohol motifs (C(OH)–C–C–N with tert-alkyl or cyclic N) is 1. The molecule has 2 fully saturated rings. The molecule has 0 unspecified atom stereocenters. The third-order valence-corrected chi connectivity index (χ3v) is 8.00. The van der Waals surface area contributed by atoms with Crippen LogP contribution in [-0.2, 0) is 22.6 Å². The van der Waals surface area contributed by atoms with Gasteiger partial charge < -0.3 is 20.5 Å². The molecule has 7 nitrogen and oxygen atoms in total. The van der Waals surface area contributed by atoms with Gasteiger partial charge in [-0.05, 0) is 63.0 Å². The topological polar surface area (TPSA) is 90.9 Å². The fourth-order valence-electron chi connectivity index (χ4n) is 6.06. The molecule has 1 saturated heterocycles. The minimum atomic E-state index is -0.875. The first-order chi connectivity index (χ1) is 18.7. The molecule has 2 aromatic carbocycles. The van der Waals surface area contributed by atoms with Crippen molar-refractivity contribution in [2.75, 3.05) is 13.1 Å².